The second-order valence-electron chi connectivity index (χ2n) is 4.28. The van der Waals surface area contributed by atoms with Crippen LogP contribution >= 0.6 is 0 Å². The van der Waals surface area contributed by atoms with E-state index >= 15 is 0 Å². The Kier molecular flexibility index (Phi) is 2.88. The second kappa shape index (κ2) is 4.18. The minimum Gasteiger partial charge on any atom is -0.508 e. The summed E-state index contributed by atoms with van der Waals surface area (Å²) in [6.45, 7) is 4.85. The van der Waals surface area contributed by atoms with Crippen LogP contribution in [0.4, 0.5) is 0 Å². The Labute approximate surface area is 95.3 Å². The van der Waals surface area contributed by atoms with E-state index in [-0.39, 0.29) is 0 Å². The van der Waals surface area contributed by atoms with Crippen molar-refractivity contribution < 1.29 is 9.84 Å². The van der Waals surface area contributed by atoms with Crippen LogP contribution in [0.3, 0.4) is 0 Å². The fourth-order valence-electron chi connectivity index (χ4n) is 2.14. The number of aromatic nitrogens is 1. The van der Waals surface area contributed by atoms with Gasteiger partial charge in [0.1, 0.15) is 5.75 Å². The Morgan fingerprint density at radius 3 is 2.69 bits per heavy atom. The molecule has 0 unspecified atom stereocenters. The van der Waals surface area contributed by atoms with Gasteiger partial charge in [0.2, 0.25) is 0 Å². The van der Waals surface area contributed by atoms with Crippen molar-refractivity contribution in [3.05, 3.63) is 30.0 Å². The Morgan fingerprint density at radius 1 is 1.31 bits per heavy atom. The van der Waals surface area contributed by atoms with E-state index in [9.17, 15) is 5.11 Å². The fourth-order valence-corrected chi connectivity index (χ4v) is 2.14. The normalized spacial score (nSPS) is 11.5. The zero-order chi connectivity index (χ0) is 11.7. The van der Waals surface area contributed by atoms with Crippen LogP contribution in [-0.4, -0.2) is 16.8 Å². The fraction of sp³-hybridized carbons (Fsp3) is 0.385. The standard InChI is InChI=1S/C13H17NO2/c1-9(2)14-11(8-16-3)6-10-4-5-12(15)7-13(10)14/h4-7,9,15H,8H2,1-3H3. The van der Waals surface area contributed by atoms with Gasteiger partial charge in [-0.25, -0.2) is 0 Å². The summed E-state index contributed by atoms with van der Waals surface area (Å²) in [4.78, 5) is 0. The number of nitrogens with zero attached hydrogens (tertiary/aromatic N) is 1. The molecule has 0 fully saturated rings. The maximum Gasteiger partial charge on any atom is 0.117 e. The number of rotatable bonds is 3. The van der Waals surface area contributed by atoms with Crippen LogP contribution in [0.25, 0.3) is 10.9 Å². The molecule has 0 atom stereocenters. The molecule has 86 valence electrons. The molecule has 1 heterocycles. The molecule has 0 aliphatic heterocycles. The Hall–Kier alpha value is -1.48. The second-order valence-corrected chi connectivity index (χ2v) is 4.28. The predicted octanol–water partition coefficient (Wildman–Crippen LogP) is 3.07. The lowest BCUT2D eigenvalue weighted by Crippen LogP contribution is -2.05. The summed E-state index contributed by atoms with van der Waals surface area (Å²) in [6, 6.07) is 7.91. The molecule has 0 radical (unpaired) electrons. The van der Waals surface area contributed by atoms with Gasteiger partial charge in [0.25, 0.3) is 0 Å². The Bertz CT molecular complexity index is 500. The van der Waals surface area contributed by atoms with Gasteiger partial charge in [0, 0.05) is 30.3 Å². The number of methoxy groups -OCH3 is 1. The van der Waals surface area contributed by atoms with E-state index in [2.05, 4.69) is 24.5 Å². The monoisotopic (exact) mass is 219 g/mol. The lowest BCUT2D eigenvalue weighted by molar-refractivity contribution is 0.177. The van der Waals surface area contributed by atoms with Crippen LogP contribution in [0, 0.1) is 0 Å². The van der Waals surface area contributed by atoms with Crippen molar-refractivity contribution in [3.63, 3.8) is 0 Å². The molecular weight excluding hydrogens is 202 g/mol. The van der Waals surface area contributed by atoms with Crippen molar-refractivity contribution in [2.24, 2.45) is 0 Å². The molecule has 0 amide bonds. The number of hydrogen-bond acceptors (Lipinski definition) is 2. The third-order valence-corrected chi connectivity index (χ3v) is 2.71. The SMILES string of the molecule is COCc1cc2ccc(O)cc2n1C(C)C. The zero-order valence-electron chi connectivity index (χ0n) is 9.90. The summed E-state index contributed by atoms with van der Waals surface area (Å²) in [7, 11) is 1.69. The number of benzene rings is 1. The van der Waals surface area contributed by atoms with Gasteiger partial charge in [-0.05, 0) is 32.0 Å². The summed E-state index contributed by atoms with van der Waals surface area (Å²) < 4.78 is 7.39. The van der Waals surface area contributed by atoms with Crippen LogP contribution in [0.2, 0.25) is 0 Å². The average Bonchev–Trinajstić information content (AvgIpc) is 2.55. The van der Waals surface area contributed by atoms with Crippen LogP contribution in [-0.2, 0) is 11.3 Å². The first-order valence-corrected chi connectivity index (χ1v) is 5.45. The smallest absolute Gasteiger partial charge is 0.117 e. The molecule has 2 rings (SSSR count). The molecule has 0 saturated heterocycles. The molecule has 0 bridgehead atoms. The molecule has 1 N–H and O–H groups in total. The van der Waals surface area contributed by atoms with Gasteiger partial charge in [-0.15, -0.1) is 0 Å². The van der Waals surface area contributed by atoms with Crippen molar-refractivity contribution in [3.8, 4) is 5.75 Å². The molecule has 0 spiro atoms. The van der Waals surface area contributed by atoms with Gasteiger partial charge in [-0.1, -0.05) is 0 Å². The van der Waals surface area contributed by atoms with Crippen molar-refractivity contribution in [2.75, 3.05) is 7.11 Å². The highest BCUT2D eigenvalue weighted by Crippen LogP contribution is 2.27. The van der Waals surface area contributed by atoms with Gasteiger partial charge in [0.15, 0.2) is 0 Å². The summed E-state index contributed by atoms with van der Waals surface area (Å²) >= 11 is 0. The first-order chi connectivity index (χ1) is 7.63. The third kappa shape index (κ3) is 1.78. The van der Waals surface area contributed by atoms with Crippen molar-refractivity contribution in [2.45, 2.75) is 26.5 Å². The molecule has 2 aromatic rings. The summed E-state index contributed by atoms with van der Waals surface area (Å²) in [5.41, 5.74) is 2.19. The minimum atomic E-state index is 0.302. The highest BCUT2D eigenvalue weighted by molar-refractivity contribution is 5.82. The molecule has 3 nitrogen and oxygen atoms in total. The van der Waals surface area contributed by atoms with E-state index in [0.29, 0.717) is 18.4 Å². The van der Waals surface area contributed by atoms with Crippen molar-refractivity contribution in [1.82, 2.24) is 4.57 Å². The minimum absolute atomic E-state index is 0.302. The van der Waals surface area contributed by atoms with Gasteiger partial charge in [-0.2, -0.15) is 0 Å². The Balaban J connectivity index is 2.67. The molecule has 1 aromatic carbocycles. The molecule has 3 heteroatoms. The van der Waals surface area contributed by atoms with E-state index in [1.165, 1.54) is 0 Å². The summed E-state index contributed by atoms with van der Waals surface area (Å²) in [6.07, 6.45) is 0. The van der Waals surface area contributed by atoms with Crippen molar-refractivity contribution in [1.29, 1.82) is 0 Å². The topological polar surface area (TPSA) is 34.4 Å². The van der Waals surface area contributed by atoms with Crippen LogP contribution in [0.1, 0.15) is 25.6 Å². The van der Waals surface area contributed by atoms with Crippen LogP contribution in [0.15, 0.2) is 24.3 Å². The molecular formula is C13H17NO2. The number of phenols is 1. The van der Waals surface area contributed by atoms with Crippen molar-refractivity contribution >= 4 is 10.9 Å². The van der Waals surface area contributed by atoms with Gasteiger partial charge >= 0.3 is 0 Å². The predicted molar refractivity (Wildman–Crippen MR) is 64.7 cm³/mol. The molecule has 0 aliphatic carbocycles. The lowest BCUT2D eigenvalue weighted by atomic mass is 10.2. The Morgan fingerprint density at radius 2 is 2.06 bits per heavy atom. The average molecular weight is 219 g/mol. The van der Waals surface area contributed by atoms with Gasteiger partial charge in [-0.3, -0.25) is 0 Å². The zero-order valence-corrected chi connectivity index (χ0v) is 9.90. The molecule has 0 aliphatic rings. The first kappa shape index (κ1) is 11.0. The maximum absolute atomic E-state index is 9.53. The maximum atomic E-state index is 9.53. The number of phenolic OH excluding ortho intramolecular Hbond substituents is 1. The van der Waals surface area contributed by atoms with E-state index < -0.39 is 0 Å². The van der Waals surface area contributed by atoms with Gasteiger partial charge < -0.3 is 14.4 Å². The quantitative estimate of drug-likeness (QED) is 0.860. The highest BCUT2D eigenvalue weighted by atomic mass is 16.5. The van der Waals surface area contributed by atoms with Crippen LogP contribution in [0.5, 0.6) is 5.75 Å². The number of fused-ring (bicyclic) bond motifs is 1. The van der Waals surface area contributed by atoms with Gasteiger partial charge in [0.05, 0.1) is 12.1 Å². The largest absolute Gasteiger partial charge is 0.508 e. The van der Waals surface area contributed by atoms with E-state index in [0.717, 1.165) is 16.6 Å². The number of aromatic hydroxyl groups is 1. The molecule has 1 aromatic heterocycles. The van der Waals surface area contributed by atoms with E-state index in [4.69, 9.17) is 4.74 Å². The first-order valence-electron chi connectivity index (χ1n) is 5.45. The lowest BCUT2D eigenvalue weighted by Gasteiger charge is -2.14. The van der Waals surface area contributed by atoms with Crippen LogP contribution < -0.4 is 0 Å². The highest BCUT2D eigenvalue weighted by Gasteiger charge is 2.11. The van der Waals surface area contributed by atoms with E-state index in [1.54, 1.807) is 19.2 Å². The molecule has 16 heavy (non-hydrogen) atoms. The summed E-state index contributed by atoms with van der Waals surface area (Å²) in [5.74, 6) is 0.302. The summed E-state index contributed by atoms with van der Waals surface area (Å²) in [5, 5.41) is 10.7. The number of ether oxygens (including phenoxy) is 1. The number of hydrogen-bond donors (Lipinski definition) is 1. The third-order valence-electron chi connectivity index (χ3n) is 2.71. The molecule has 0 saturated carbocycles. The van der Waals surface area contributed by atoms with E-state index in [1.807, 2.05) is 6.07 Å².